The molecule has 0 aliphatic carbocycles. The number of rotatable bonds is 4. The van der Waals surface area contributed by atoms with E-state index in [-0.39, 0.29) is 5.69 Å². The first-order chi connectivity index (χ1) is 8.75. The van der Waals surface area contributed by atoms with Crippen LogP contribution in [-0.2, 0) is 4.74 Å². The van der Waals surface area contributed by atoms with Gasteiger partial charge in [0.15, 0.2) is 0 Å². The first-order valence-corrected chi connectivity index (χ1v) is 6.65. The van der Waals surface area contributed by atoms with E-state index in [2.05, 4.69) is 10.3 Å². The lowest BCUT2D eigenvalue weighted by Gasteiger charge is -2.22. The molecule has 0 radical (unpaired) electrons. The molecule has 0 aromatic carbocycles. The molecule has 5 heteroatoms. The van der Waals surface area contributed by atoms with Gasteiger partial charge in [0, 0.05) is 17.3 Å². The fourth-order valence-electron chi connectivity index (χ4n) is 2.05. The van der Waals surface area contributed by atoms with Gasteiger partial charge in [0.05, 0.1) is 6.61 Å². The van der Waals surface area contributed by atoms with Gasteiger partial charge in [0.1, 0.15) is 5.69 Å². The first-order valence-electron chi connectivity index (χ1n) is 6.28. The molecule has 1 aliphatic heterocycles. The molecule has 1 saturated heterocycles. The molecule has 2 rings (SSSR count). The maximum atomic E-state index is 11.7. The summed E-state index contributed by atoms with van der Waals surface area (Å²) in [4.78, 5) is 15.6. The van der Waals surface area contributed by atoms with Gasteiger partial charge in [0.2, 0.25) is 0 Å². The van der Waals surface area contributed by atoms with Crippen LogP contribution in [0, 0.1) is 0 Å². The molecule has 1 aromatic rings. The van der Waals surface area contributed by atoms with Crippen LogP contribution in [0.15, 0.2) is 18.3 Å². The lowest BCUT2D eigenvalue weighted by Crippen LogP contribution is -2.35. The van der Waals surface area contributed by atoms with Crippen molar-refractivity contribution in [2.24, 2.45) is 0 Å². The van der Waals surface area contributed by atoms with Gasteiger partial charge in [-0.3, -0.25) is 0 Å². The molecule has 1 fully saturated rings. The van der Waals surface area contributed by atoms with Crippen LogP contribution in [0.1, 0.15) is 36.2 Å². The number of hydrogen-bond acceptors (Lipinski definition) is 4. The van der Waals surface area contributed by atoms with E-state index in [1.807, 2.05) is 0 Å². The maximum Gasteiger partial charge on any atom is 0.356 e. The second kappa shape index (κ2) is 6.71. The summed E-state index contributed by atoms with van der Waals surface area (Å²) in [6, 6.07) is 3.62. The highest BCUT2D eigenvalue weighted by atomic mass is 35.5. The Kier molecular flexibility index (Phi) is 4.96. The second-order valence-corrected chi connectivity index (χ2v) is 4.87. The van der Waals surface area contributed by atoms with E-state index in [0.29, 0.717) is 17.7 Å². The third kappa shape index (κ3) is 3.96. The van der Waals surface area contributed by atoms with Crippen molar-refractivity contribution in [2.75, 3.05) is 13.2 Å². The lowest BCUT2D eigenvalue weighted by atomic mass is 10.0. The Morgan fingerprint density at radius 1 is 1.56 bits per heavy atom. The van der Waals surface area contributed by atoms with Crippen LogP contribution in [0.2, 0.25) is 5.02 Å². The van der Waals surface area contributed by atoms with Gasteiger partial charge in [-0.05, 0) is 37.9 Å². The molecule has 1 aromatic heterocycles. The molecule has 18 heavy (non-hydrogen) atoms. The average molecular weight is 269 g/mol. The summed E-state index contributed by atoms with van der Waals surface area (Å²) in [5.74, 6) is -0.409. The minimum absolute atomic E-state index is 0.263. The second-order valence-electron chi connectivity index (χ2n) is 4.43. The monoisotopic (exact) mass is 268 g/mol. The maximum absolute atomic E-state index is 11.7. The van der Waals surface area contributed by atoms with Crippen molar-refractivity contribution in [1.29, 1.82) is 0 Å². The molecule has 98 valence electrons. The highest BCUT2D eigenvalue weighted by molar-refractivity contribution is 6.30. The number of esters is 1. The van der Waals surface area contributed by atoms with Crippen LogP contribution in [0.3, 0.4) is 0 Å². The highest BCUT2D eigenvalue weighted by Gasteiger charge is 2.14. The topological polar surface area (TPSA) is 51.2 Å². The summed E-state index contributed by atoms with van der Waals surface area (Å²) in [7, 11) is 0. The molecule has 0 spiro atoms. The molecule has 1 aliphatic rings. The van der Waals surface area contributed by atoms with Crippen LogP contribution in [0.25, 0.3) is 0 Å². The fourth-order valence-corrected chi connectivity index (χ4v) is 2.21. The van der Waals surface area contributed by atoms with Crippen LogP contribution < -0.4 is 5.32 Å². The van der Waals surface area contributed by atoms with Crippen LogP contribution in [0.4, 0.5) is 0 Å². The van der Waals surface area contributed by atoms with E-state index in [9.17, 15) is 4.79 Å². The standard InChI is InChI=1S/C13H17ClN2O2/c14-10-4-7-16-12(9-10)13(17)18-8-5-11-3-1-2-6-15-11/h4,7,9,11,15H,1-3,5-6,8H2. The Morgan fingerprint density at radius 3 is 3.17 bits per heavy atom. The number of nitrogens with zero attached hydrogens (tertiary/aromatic N) is 1. The fraction of sp³-hybridized carbons (Fsp3) is 0.538. The quantitative estimate of drug-likeness (QED) is 0.852. The minimum Gasteiger partial charge on any atom is -0.461 e. The van der Waals surface area contributed by atoms with Crippen molar-refractivity contribution >= 4 is 17.6 Å². The molecular formula is C13H17ClN2O2. The average Bonchev–Trinajstić information content (AvgIpc) is 2.40. The van der Waals surface area contributed by atoms with Gasteiger partial charge in [-0.15, -0.1) is 0 Å². The predicted octanol–water partition coefficient (Wildman–Crippen LogP) is 2.42. The Morgan fingerprint density at radius 2 is 2.44 bits per heavy atom. The summed E-state index contributed by atoms with van der Waals surface area (Å²) in [5, 5.41) is 3.91. The van der Waals surface area contributed by atoms with Gasteiger partial charge in [-0.2, -0.15) is 0 Å². The molecule has 2 heterocycles. The van der Waals surface area contributed by atoms with Crippen molar-refractivity contribution in [3.05, 3.63) is 29.0 Å². The molecule has 1 atom stereocenters. The van der Waals surface area contributed by atoms with Crippen molar-refractivity contribution in [2.45, 2.75) is 31.7 Å². The highest BCUT2D eigenvalue weighted by Crippen LogP contribution is 2.11. The largest absolute Gasteiger partial charge is 0.461 e. The Balaban J connectivity index is 1.74. The van der Waals surface area contributed by atoms with Gasteiger partial charge < -0.3 is 10.1 Å². The first kappa shape index (κ1) is 13.3. The summed E-state index contributed by atoms with van der Waals surface area (Å²) < 4.78 is 5.19. The molecule has 1 N–H and O–H groups in total. The lowest BCUT2D eigenvalue weighted by molar-refractivity contribution is 0.0479. The number of ether oxygens (including phenoxy) is 1. The Bertz CT molecular complexity index is 406. The number of aromatic nitrogens is 1. The van der Waals surface area contributed by atoms with Gasteiger partial charge >= 0.3 is 5.97 Å². The van der Waals surface area contributed by atoms with Gasteiger partial charge in [-0.1, -0.05) is 18.0 Å². The zero-order valence-corrected chi connectivity index (χ0v) is 10.9. The SMILES string of the molecule is O=C(OCCC1CCCCN1)c1cc(Cl)ccn1. The molecule has 0 saturated carbocycles. The normalized spacial score (nSPS) is 19.5. The molecule has 1 unspecified atom stereocenters. The molecular weight excluding hydrogens is 252 g/mol. The molecule has 4 nitrogen and oxygen atoms in total. The minimum atomic E-state index is -0.409. The summed E-state index contributed by atoms with van der Waals surface area (Å²) in [6.07, 6.45) is 6.01. The third-order valence-corrected chi connectivity index (χ3v) is 3.28. The summed E-state index contributed by atoms with van der Waals surface area (Å²) in [5.41, 5.74) is 0.263. The number of pyridine rings is 1. The van der Waals surface area contributed by atoms with E-state index in [1.165, 1.54) is 25.1 Å². The molecule has 0 amide bonds. The number of halogens is 1. The smallest absolute Gasteiger partial charge is 0.356 e. The van der Waals surface area contributed by atoms with Crippen molar-refractivity contribution in [3.8, 4) is 0 Å². The van der Waals surface area contributed by atoms with E-state index < -0.39 is 5.97 Å². The summed E-state index contributed by atoms with van der Waals surface area (Å²) >= 11 is 5.79. The number of hydrogen-bond donors (Lipinski definition) is 1. The van der Waals surface area contributed by atoms with E-state index in [4.69, 9.17) is 16.3 Å². The van der Waals surface area contributed by atoms with E-state index >= 15 is 0 Å². The molecule has 0 bridgehead atoms. The predicted molar refractivity (Wildman–Crippen MR) is 69.8 cm³/mol. The number of carbonyl (C=O) groups is 1. The van der Waals surface area contributed by atoms with Gasteiger partial charge in [0.25, 0.3) is 0 Å². The van der Waals surface area contributed by atoms with Crippen LogP contribution in [-0.4, -0.2) is 30.1 Å². The van der Waals surface area contributed by atoms with E-state index in [0.717, 1.165) is 19.4 Å². The van der Waals surface area contributed by atoms with Gasteiger partial charge in [-0.25, -0.2) is 9.78 Å². The van der Waals surface area contributed by atoms with Crippen molar-refractivity contribution < 1.29 is 9.53 Å². The number of carbonyl (C=O) groups excluding carboxylic acids is 1. The van der Waals surface area contributed by atoms with Crippen LogP contribution >= 0.6 is 11.6 Å². The van der Waals surface area contributed by atoms with Crippen molar-refractivity contribution in [3.63, 3.8) is 0 Å². The van der Waals surface area contributed by atoms with Crippen molar-refractivity contribution in [1.82, 2.24) is 10.3 Å². The third-order valence-electron chi connectivity index (χ3n) is 3.04. The Labute approximate surface area is 112 Å². The number of nitrogens with one attached hydrogen (secondary N) is 1. The van der Waals surface area contributed by atoms with Crippen LogP contribution in [0.5, 0.6) is 0 Å². The number of piperidine rings is 1. The van der Waals surface area contributed by atoms with E-state index in [1.54, 1.807) is 6.07 Å². The zero-order chi connectivity index (χ0) is 12.8. The summed E-state index contributed by atoms with van der Waals surface area (Å²) in [6.45, 7) is 1.49. The Hall–Kier alpha value is -1.13. The zero-order valence-electron chi connectivity index (χ0n) is 10.2.